The van der Waals surface area contributed by atoms with Gasteiger partial charge in [-0.05, 0) is 13.3 Å². The summed E-state index contributed by atoms with van der Waals surface area (Å²) in [6.45, 7) is 5.88. The summed E-state index contributed by atoms with van der Waals surface area (Å²) in [5, 5.41) is 0. The van der Waals surface area contributed by atoms with E-state index in [4.69, 9.17) is 13.0 Å². The summed E-state index contributed by atoms with van der Waals surface area (Å²) in [6.07, 6.45) is 1.13. The first kappa shape index (κ1) is 11.9. The zero-order valence-electron chi connectivity index (χ0n) is 5.61. The van der Waals surface area contributed by atoms with E-state index in [1.807, 2.05) is 6.92 Å². The maximum atomic E-state index is 4.98. The molecule has 0 unspecified atom stereocenters. The van der Waals surface area contributed by atoms with E-state index in [0.717, 1.165) is 19.6 Å². The van der Waals surface area contributed by atoms with Crippen molar-refractivity contribution in [3.8, 4) is 0 Å². The average molecular weight is 324 g/mol. The van der Waals surface area contributed by atoms with Crippen LogP contribution in [-0.4, -0.2) is 13.2 Å². The van der Waals surface area contributed by atoms with Gasteiger partial charge in [0, 0.05) is 13.2 Å². The number of rotatable bonds is 3. The molecule has 0 aliphatic rings. The van der Waals surface area contributed by atoms with E-state index >= 15 is 0 Å². The first-order chi connectivity index (χ1) is 3.91. The zero-order chi connectivity index (χ0) is 6.83. The molecule has 0 spiro atoms. The van der Waals surface area contributed by atoms with E-state index in [1.165, 1.54) is 0 Å². The summed E-state index contributed by atoms with van der Waals surface area (Å²) in [5.41, 5.74) is 0. The van der Waals surface area contributed by atoms with Crippen molar-refractivity contribution in [2.24, 2.45) is 0 Å². The van der Waals surface area contributed by atoms with Crippen molar-refractivity contribution in [2.45, 2.75) is 20.3 Å². The summed E-state index contributed by atoms with van der Waals surface area (Å²) >= 11 is 0.500. The molecule has 0 saturated heterocycles. The van der Waals surface area contributed by atoms with Gasteiger partial charge in [-0.15, -0.1) is 0 Å². The molecule has 0 rings (SSSR count). The van der Waals surface area contributed by atoms with E-state index in [9.17, 15) is 0 Å². The molecule has 0 atom stereocenters. The molecule has 0 amide bonds. The van der Waals surface area contributed by atoms with Crippen LogP contribution in [0.5, 0.6) is 0 Å². The van der Waals surface area contributed by atoms with E-state index < -0.39 is 0 Å². The molecule has 0 aromatic rings. The number of hydrogen-bond donors (Lipinski definition) is 0. The fourth-order valence-electron chi connectivity index (χ4n) is 0.289. The third-order valence-electron chi connectivity index (χ3n) is 0.553. The number of hydrogen-bond acceptors (Lipinski definition) is 1. The molecule has 0 aliphatic carbocycles. The third kappa shape index (κ3) is 15.7. The molecule has 0 saturated carbocycles. The second kappa shape index (κ2) is 15.7. The number of halogens is 1. The molecule has 0 bridgehead atoms. The van der Waals surface area contributed by atoms with Gasteiger partial charge in [0.15, 0.2) is 0 Å². The Kier molecular flexibility index (Phi) is 23.4. The van der Waals surface area contributed by atoms with Crippen LogP contribution in [0.3, 0.4) is 0 Å². The Balaban J connectivity index is 0. The van der Waals surface area contributed by atoms with Crippen molar-refractivity contribution in [3.05, 3.63) is 0 Å². The van der Waals surface area contributed by atoms with Gasteiger partial charge in [0.05, 0.1) is 0 Å². The molecular formula is C5H12ClHgO. The van der Waals surface area contributed by atoms with Crippen molar-refractivity contribution >= 4 is 8.25 Å². The summed E-state index contributed by atoms with van der Waals surface area (Å²) < 4.78 is 4.98. The Morgan fingerprint density at radius 2 is 1.88 bits per heavy atom. The van der Waals surface area contributed by atoms with Crippen LogP contribution in [0.25, 0.3) is 0 Å². The Morgan fingerprint density at radius 1 is 1.38 bits per heavy atom. The van der Waals surface area contributed by atoms with E-state index in [-0.39, 0.29) is 0 Å². The van der Waals surface area contributed by atoms with Gasteiger partial charge >= 0.3 is 33.1 Å². The maximum absolute atomic E-state index is 4.98. The van der Waals surface area contributed by atoms with Crippen LogP contribution in [0.15, 0.2) is 0 Å². The van der Waals surface area contributed by atoms with Crippen LogP contribution in [0.4, 0.5) is 0 Å². The molecule has 0 radical (unpaired) electrons. The Hall–Kier alpha value is 1.19. The first-order valence-electron chi connectivity index (χ1n) is 2.76. The topological polar surface area (TPSA) is 9.23 Å². The zero-order valence-corrected chi connectivity index (χ0v) is 11.9. The van der Waals surface area contributed by atoms with Crippen LogP contribution in [0, 0.1) is 0 Å². The van der Waals surface area contributed by atoms with Crippen molar-refractivity contribution < 1.29 is 29.6 Å². The fourth-order valence-corrected chi connectivity index (χ4v) is 0.289. The van der Waals surface area contributed by atoms with Gasteiger partial charge in [0.2, 0.25) is 0 Å². The standard InChI is InChI=1S/C5H12O.ClH.Hg/c1-3-5-6-4-2;;/h3-5H2,1-2H3;1H;/q;;+1/p-1. The Morgan fingerprint density at radius 3 is 2.00 bits per heavy atom. The van der Waals surface area contributed by atoms with Gasteiger partial charge in [-0.1, -0.05) is 6.92 Å². The normalized spacial score (nSPS) is 7.62. The third-order valence-corrected chi connectivity index (χ3v) is 0.553. The molecular weight excluding hydrogens is 312 g/mol. The minimum absolute atomic E-state index is 0.500. The van der Waals surface area contributed by atoms with Crippen molar-refractivity contribution in [2.75, 3.05) is 13.2 Å². The first-order valence-corrected chi connectivity index (χ1v) is 9.53. The van der Waals surface area contributed by atoms with Crippen LogP contribution in [0.1, 0.15) is 20.3 Å². The van der Waals surface area contributed by atoms with Gasteiger partial charge in [0.25, 0.3) is 0 Å². The fraction of sp³-hybridized carbons (Fsp3) is 1.00. The quantitative estimate of drug-likeness (QED) is 0.571. The minimum atomic E-state index is 0.500. The van der Waals surface area contributed by atoms with Crippen molar-refractivity contribution in [1.29, 1.82) is 0 Å². The summed E-state index contributed by atoms with van der Waals surface area (Å²) in [5.74, 6) is 0. The molecule has 47 valence electrons. The van der Waals surface area contributed by atoms with Gasteiger partial charge in [-0.2, -0.15) is 0 Å². The second-order valence-corrected chi connectivity index (χ2v) is 1.20. The van der Waals surface area contributed by atoms with Crippen LogP contribution >= 0.6 is 8.25 Å². The SMILES string of the molecule is CCCOCC.[Cl][Hg]. The summed E-state index contributed by atoms with van der Waals surface area (Å²) in [7, 11) is 4.83. The number of ether oxygens (including phenoxy) is 1. The molecule has 0 fully saturated rings. The molecule has 0 aromatic heterocycles. The molecule has 3 heteroatoms. The monoisotopic (exact) mass is 325 g/mol. The van der Waals surface area contributed by atoms with Gasteiger partial charge in [-0.25, -0.2) is 0 Å². The van der Waals surface area contributed by atoms with Crippen LogP contribution < -0.4 is 0 Å². The Bertz CT molecular complexity index is 24.4. The average Bonchev–Trinajstić information content (AvgIpc) is 1.88. The molecule has 1 nitrogen and oxygen atoms in total. The van der Waals surface area contributed by atoms with E-state index in [1.54, 1.807) is 0 Å². The van der Waals surface area contributed by atoms with Crippen molar-refractivity contribution in [1.82, 2.24) is 0 Å². The van der Waals surface area contributed by atoms with Crippen molar-refractivity contribution in [3.63, 3.8) is 0 Å². The molecule has 0 N–H and O–H groups in total. The summed E-state index contributed by atoms with van der Waals surface area (Å²) in [4.78, 5) is 0. The molecule has 0 aliphatic heterocycles. The predicted molar refractivity (Wildman–Crippen MR) is 32.6 cm³/mol. The second-order valence-electron chi connectivity index (χ2n) is 1.20. The van der Waals surface area contributed by atoms with Gasteiger partial charge in [-0.3, -0.25) is 0 Å². The van der Waals surface area contributed by atoms with E-state index in [2.05, 4.69) is 6.92 Å². The molecule has 0 aromatic carbocycles. The van der Waals surface area contributed by atoms with Gasteiger partial charge < -0.3 is 4.74 Å². The van der Waals surface area contributed by atoms with Gasteiger partial charge in [0.1, 0.15) is 0 Å². The van der Waals surface area contributed by atoms with Crippen LogP contribution in [0.2, 0.25) is 0 Å². The van der Waals surface area contributed by atoms with E-state index in [0.29, 0.717) is 24.9 Å². The molecule has 0 heterocycles. The summed E-state index contributed by atoms with van der Waals surface area (Å²) in [6, 6.07) is 0. The van der Waals surface area contributed by atoms with Crippen LogP contribution in [-0.2, 0) is 29.6 Å². The predicted octanol–water partition coefficient (Wildman–Crippen LogP) is 2.12. The Labute approximate surface area is 71.2 Å². The molecule has 8 heavy (non-hydrogen) atoms.